The molecule has 2 aliphatic heterocycles. The molecule has 1 fully saturated rings. The molecule has 1 atom stereocenters. The lowest BCUT2D eigenvalue weighted by molar-refractivity contribution is 0.0309. The van der Waals surface area contributed by atoms with Gasteiger partial charge in [0.15, 0.2) is 5.76 Å². The van der Waals surface area contributed by atoms with Crippen LogP contribution in [0.3, 0.4) is 0 Å². The molecule has 31 heavy (non-hydrogen) atoms. The van der Waals surface area contributed by atoms with Gasteiger partial charge in [0.2, 0.25) is 0 Å². The molecule has 2 aliphatic rings. The lowest BCUT2D eigenvalue weighted by Crippen LogP contribution is -2.40. The van der Waals surface area contributed by atoms with Crippen molar-refractivity contribution in [3.05, 3.63) is 71.2 Å². The molecule has 0 saturated carbocycles. The zero-order chi connectivity index (χ0) is 21.2. The summed E-state index contributed by atoms with van der Waals surface area (Å²) in [5, 5.41) is 0. The van der Waals surface area contributed by atoms with Crippen LogP contribution in [0.15, 0.2) is 47.1 Å². The Morgan fingerprint density at radius 3 is 2.74 bits per heavy atom. The van der Waals surface area contributed by atoms with Crippen LogP contribution in [-0.4, -0.2) is 65.6 Å². The smallest absolute Gasteiger partial charge is 0.290 e. The fourth-order valence-electron chi connectivity index (χ4n) is 4.32. The van der Waals surface area contributed by atoms with E-state index in [1.807, 2.05) is 35.2 Å². The fraction of sp³-hybridized carbons (Fsp3) is 0.391. The van der Waals surface area contributed by atoms with E-state index in [0.717, 1.165) is 61.2 Å². The number of amides is 1. The number of aromatic nitrogens is 2. The van der Waals surface area contributed by atoms with Crippen LogP contribution in [0.25, 0.3) is 0 Å². The summed E-state index contributed by atoms with van der Waals surface area (Å²) in [5.74, 6) is 1.81. The van der Waals surface area contributed by atoms with Crippen molar-refractivity contribution >= 4 is 5.91 Å². The molecule has 1 N–H and O–H groups in total. The molecule has 4 heterocycles. The van der Waals surface area contributed by atoms with E-state index in [4.69, 9.17) is 13.9 Å². The molecule has 1 aromatic carbocycles. The van der Waals surface area contributed by atoms with Gasteiger partial charge in [-0.15, -0.1) is 0 Å². The molecule has 2 aromatic heterocycles. The largest absolute Gasteiger partial charge is 0.497 e. The average molecular weight is 422 g/mol. The van der Waals surface area contributed by atoms with Gasteiger partial charge in [0, 0.05) is 31.7 Å². The molecule has 162 valence electrons. The van der Waals surface area contributed by atoms with Crippen LogP contribution >= 0.6 is 0 Å². The monoisotopic (exact) mass is 422 g/mol. The van der Waals surface area contributed by atoms with Crippen LogP contribution in [0, 0.1) is 0 Å². The minimum atomic E-state index is -0.277. The molecule has 5 rings (SSSR count). The number of rotatable bonds is 5. The number of methoxy groups -OCH3 is 1. The predicted molar refractivity (Wildman–Crippen MR) is 113 cm³/mol. The van der Waals surface area contributed by atoms with Crippen molar-refractivity contribution in [1.29, 1.82) is 0 Å². The van der Waals surface area contributed by atoms with Gasteiger partial charge < -0.3 is 23.8 Å². The molecule has 1 amide bonds. The Hall–Kier alpha value is -3.10. The molecule has 0 spiro atoms. The van der Waals surface area contributed by atoms with E-state index in [1.54, 1.807) is 19.5 Å². The second kappa shape index (κ2) is 8.56. The van der Waals surface area contributed by atoms with Crippen LogP contribution in [0.5, 0.6) is 5.75 Å². The van der Waals surface area contributed by atoms with Crippen LogP contribution in [0.2, 0.25) is 0 Å². The second-order valence-corrected chi connectivity index (χ2v) is 7.85. The van der Waals surface area contributed by atoms with Gasteiger partial charge in [0.25, 0.3) is 5.91 Å². The van der Waals surface area contributed by atoms with Gasteiger partial charge in [-0.05, 0) is 29.8 Å². The van der Waals surface area contributed by atoms with E-state index >= 15 is 0 Å². The number of ether oxygens (including phenoxy) is 2. The molecule has 0 radical (unpaired) electrons. The third-order valence-electron chi connectivity index (χ3n) is 5.97. The lowest BCUT2D eigenvalue weighted by Gasteiger charge is -2.34. The van der Waals surface area contributed by atoms with Crippen LogP contribution in [0.4, 0.5) is 0 Å². The van der Waals surface area contributed by atoms with E-state index in [-0.39, 0.29) is 11.9 Å². The van der Waals surface area contributed by atoms with E-state index in [0.29, 0.717) is 18.8 Å². The first-order chi connectivity index (χ1) is 15.2. The maximum atomic E-state index is 13.5. The summed E-state index contributed by atoms with van der Waals surface area (Å²) in [6, 6.07) is 11.2. The number of furan rings is 1. The zero-order valence-corrected chi connectivity index (χ0v) is 17.5. The maximum Gasteiger partial charge on any atom is 0.290 e. The Kier molecular flexibility index (Phi) is 5.48. The van der Waals surface area contributed by atoms with Crippen LogP contribution in [0.1, 0.15) is 39.3 Å². The molecule has 1 saturated heterocycles. The molecular formula is C23H26N4O4. The van der Waals surface area contributed by atoms with E-state index in [2.05, 4.69) is 14.9 Å². The number of hydrogen-bond donors (Lipinski definition) is 1. The van der Waals surface area contributed by atoms with Gasteiger partial charge in [0.1, 0.15) is 17.6 Å². The van der Waals surface area contributed by atoms with Crippen LogP contribution in [-0.2, 0) is 17.7 Å². The Morgan fingerprint density at radius 1 is 1.16 bits per heavy atom. The summed E-state index contributed by atoms with van der Waals surface area (Å²) in [4.78, 5) is 25.4. The van der Waals surface area contributed by atoms with Gasteiger partial charge >= 0.3 is 0 Å². The maximum absolute atomic E-state index is 13.5. The van der Waals surface area contributed by atoms with Gasteiger partial charge in [-0.2, -0.15) is 0 Å². The fourth-order valence-corrected chi connectivity index (χ4v) is 4.32. The highest BCUT2D eigenvalue weighted by Crippen LogP contribution is 2.35. The first-order valence-electron chi connectivity index (χ1n) is 10.6. The summed E-state index contributed by atoms with van der Waals surface area (Å²) >= 11 is 0. The summed E-state index contributed by atoms with van der Waals surface area (Å²) in [5.41, 5.74) is 2.93. The molecule has 1 unspecified atom stereocenters. The SMILES string of the molecule is COc1ccc(C2c3nc[nH]c3CCN2C(=O)c2ccc(CN3CCOCC3)o2)cc1. The van der Waals surface area contributed by atoms with Crippen molar-refractivity contribution in [2.24, 2.45) is 0 Å². The van der Waals surface area contributed by atoms with Crippen LogP contribution < -0.4 is 4.74 Å². The number of carbonyl (C=O) groups is 1. The lowest BCUT2D eigenvalue weighted by atomic mass is 9.95. The summed E-state index contributed by atoms with van der Waals surface area (Å²) < 4.78 is 16.7. The number of imidazole rings is 1. The van der Waals surface area contributed by atoms with Crippen molar-refractivity contribution in [2.75, 3.05) is 40.0 Å². The van der Waals surface area contributed by atoms with E-state index < -0.39 is 0 Å². The first-order valence-corrected chi connectivity index (χ1v) is 10.6. The molecule has 3 aromatic rings. The molecule has 8 nitrogen and oxygen atoms in total. The molecule has 0 bridgehead atoms. The number of nitrogens with zero attached hydrogens (tertiary/aromatic N) is 3. The number of nitrogens with one attached hydrogen (secondary N) is 1. The summed E-state index contributed by atoms with van der Waals surface area (Å²) in [6.45, 7) is 4.48. The standard InChI is InChI=1S/C23H26N4O4/c1-29-17-4-2-16(3-5-17)22-21-19(24-15-25-21)8-9-27(22)23(28)20-7-6-18(31-20)14-26-10-12-30-13-11-26/h2-7,15,22H,8-14H2,1H3,(H,24,25). The number of H-pyrrole nitrogens is 1. The highest BCUT2D eigenvalue weighted by Gasteiger charge is 2.35. The normalized spacial score (nSPS) is 19.3. The highest BCUT2D eigenvalue weighted by atomic mass is 16.5. The number of morpholine rings is 1. The summed E-state index contributed by atoms with van der Waals surface area (Å²) in [7, 11) is 1.64. The number of aromatic amines is 1. The average Bonchev–Trinajstić information content (AvgIpc) is 3.48. The third-order valence-corrected chi connectivity index (χ3v) is 5.97. The van der Waals surface area contributed by atoms with Gasteiger partial charge in [-0.3, -0.25) is 9.69 Å². The van der Waals surface area contributed by atoms with Crippen molar-refractivity contribution in [3.8, 4) is 5.75 Å². The van der Waals surface area contributed by atoms with Gasteiger partial charge in [0.05, 0.1) is 38.9 Å². The van der Waals surface area contributed by atoms with E-state index in [9.17, 15) is 4.79 Å². The third kappa shape index (κ3) is 3.96. The summed E-state index contributed by atoms with van der Waals surface area (Å²) in [6.07, 6.45) is 2.43. The quantitative estimate of drug-likeness (QED) is 0.681. The Labute approximate surface area is 180 Å². The van der Waals surface area contributed by atoms with Crippen molar-refractivity contribution in [1.82, 2.24) is 19.8 Å². The minimum Gasteiger partial charge on any atom is -0.497 e. The Bertz CT molecular complexity index is 1040. The number of hydrogen-bond acceptors (Lipinski definition) is 6. The topological polar surface area (TPSA) is 83.8 Å². The molecular weight excluding hydrogens is 396 g/mol. The van der Waals surface area contributed by atoms with E-state index in [1.165, 1.54) is 0 Å². The number of fused-ring (bicyclic) bond motifs is 1. The predicted octanol–water partition coefficient (Wildman–Crippen LogP) is 2.63. The van der Waals surface area contributed by atoms with Crippen molar-refractivity contribution < 1.29 is 18.7 Å². The first kappa shape index (κ1) is 19.8. The van der Waals surface area contributed by atoms with Gasteiger partial charge in [-0.1, -0.05) is 12.1 Å². The Morgan fingerprint density at radius 2 is 1.97 bits per heavy atom. The van der Waals surface area contributed by atoms with Gasteiger partial charge in [-0.25, -0.2) is 4.98 Å². The van der Waals surface area contributed by atoms with Crippen molar-refractivity contribution in [3.63, 3.8) is 0 Å². The second-order valence-electron chi connectivity index (χ2n) is 7.85. The molecule has 0 aliphatic carbocycles. The zero-order valence-electron chi connectivity index (χ0n) is 17.5. The van der Waals surface area contributed by atoms with Crippen molar-refractivity contribution in [2.45, 2.75) is 19.0 Å². The number of carbonyl (C=O) groups excluding carboxylic acids is 1. The highest BCUT2D eigenvalue weighted by molar-refractivity contribution is 5.92. The minimum absolute atomic E-state index is 0.123. The Balaban J connectivity index is 1.40. The molecule has 8 heteroatoms. The number of benzene rings is 1.